The molecular formula is C29H36F3N3O3. The van der Waals surface area contributed by atoms with E-state index in [4.69, 9.17) is 0 Å². The summed E-state index contributed by atoms with van der Waals surface area (Å²) in [6.45, 7) is 7.28. The van der Waals surface area contributed by atoms with Crippen molar-refractivity contribution in [3.63, 3.8) is 0 Å². The minimum absolute atomic E-state index is 0.0376. The molecule has 0 bridgehead atoms. The van der Waals surface area contributed by atoms with Gasteiger partial charge in [-0.3, -0.25) is 9.59 Å². The van der Waals surface area contributed by atoms with E-state index in [-0.39, 0.29) is 34.9 Å². The van der Waals surface area contributed by atoms with Crippen LogP contribution >= 0.6 is 0 Å². The Morgan fingerprint density at radius 2 is 1.63 bits per heavy atom. The van der Waals surface area contributed by atoms with E-state index in [9.17, 15) is 22.8 Å². The van der Waals surface area contributed by atoms with Crippen molar-refractivity contribution in [2.75, 3.05) is 26.2 Å². The highest BCUT2D eigenvalue weighted by molar-refractivity contribution is 5.85. The maximum Gasteiger partial charge on any atom is 0.573 e. The van der Waals surface area contributed by atoms with E-state index >= 15 is 0 Å². The molecule has 2 amide bonds. The standard InChI is InChI=1S/C29H36F3N3O3/c1-21(2)26(36)33-25(23-6-4-3-5-7-23)12-16-34-17-13-28(14-18-34)15-19-35(27(28)37)20-22-8-10-24(11-9-22)38-29(30,31)32/h3-11,21,25H,12-20H2,1-2H3,(H,33,36). The summed E-state index contributed by atoms with van der Waals surface area (Å²) < 4.78 is 41.1. The number of likely N-dealkylation sites (tertiary alicyclic amines) is 2. The number of hydrogen-bond donors (Lipinski definition) is 1. The first-order valence-corrected chi connectivity index (χ1v) is 13.3. The van der Waals surface area contributed by atoms with Gasteiger partial charge in [-0.1, -0.05) is 56.3 Å². The van der Waals surface area contributed by atoms with E-state index in [1.54, 1.807) is 12.1 Å². The van der Waals surface area contributed by atoms with Crippen LogP contribution in [-0.2, 0) is 16.1 Å². The number of ether oxygens (including phenoxy) is 1. The van der Waals surface area contributed by atoms with Crippen molar-refractivity contribution in [2.24, 2.45) is 11.3 Å². The maximum atomic E-state index is 13.4. The van der Waals surface area contributed by atoms with Crippen molar-refractivity contribution < 1.29 is 27.5 Å². The molecule has 0 aliphatic carbocycles. The van der Waals surface area contributed by atoms with Gasteiger partial charge < -0.3 is 19.9 Å². The minimum atomic E-state index is -4.72. The quantitative estimate of drug-likeness (QED) is 0.477. The first-order valence-electron chi connectivity index (χ1n) is 13.3. The van der Waals surface area contributed by atoms with Crippen LogP contribution in [-0.4, -0.2) is 54.2 Å². The third kappa shape index (κ3) is 7.07. The Morgan fingerprint density at radius 3 is 2.24 bits per heavy atom. The Balaban J connectivity index is 1.29. The van der Waals surface area contributed by atoms with Gasteiger partial charge in [-0.15, -0.1) is 13.2 Å². The maximum absolute atomic E-state index is 13.4. The molecule has 4 rings (SSSR count). The molecule has 1 unspecified atom stereocenters. The van der Waals surface area contributed by atoms with Gasteiger partial charge in [-0.25, -0.2) is 0 Å². The monoisotopic (exact) mass is 531 g/mol. The molecule has 206 valence electrons. The van der Waals surface area contributed by atoms with Crippen LogP contribution in [0.5, 0.6) is 5.75 Å². The molecule has 2 heterocycles. The Morgan fingerprint density at radius 1 is 1.00 bits per heavy atom. The second-order valence-corrected chi connectivity index (χ2v) is 10.7. The Labute approximate surface area is 222 Å². The van der Waals surface area contributed by atoms with Gasteiger partial charge in [-0.05, 0) is 62.0 Å². The second-order valence-electron chi connectivity index (χ2n) is 10.7. The van der Waals surface area contributed by atoms with E-state index in [2.05, 4.69) is 15.0 Å². The Bertz CT molecular complexity index is 1080. The fourth-order valence-electron chi connectivity index (χ4n) is 5.39. The smallest absolute Gasteiger partial charge is 0.406 e. The molecule has 2 aromatic rings. The molecule has 38 heavy (non-hydrogen) atoms. The van der Waals surface area contributed by atoms with Crippen LogP contribution in [0.3, 0.4) is 0 Å². The molecule has 9 heteroatoms. The van der Waals surface area contributed by atoms with Gasteiger partial charge >= 0.3 is 6.36 Å². The molecular weight excluding hydrogens is 495 g/mol. The van der Waals surface area contributed by atoms with Crippen LogP contribution in [0.1, 0.15) is 56.7 Å². The van der Waals surface area contributed by atoms with Crippen LogP contribution < -0.4 is 10.1 Å². The summed E-state index contributed by atoms with van der Waals surface area (Å²) in [5.41, 5.74) is 1.51. The normalized spacial score (nSPS) is 18.7. The average molecular weight is 532 g/mol. The van der Waals surface area contributed by atoms with Crippen molar-refractivity contribution in [2.45, 2.75) is 58.5 Å². The Hall–Kier alpha value is -3.07. The lowest BCUT2D eigenvalue weighted by molar-refractivity contribution is -0.274. The molecule has 0 saturated carbocycles. The SMILES string of the molecule is CC(C)C(=O)NC(CCN1CCC2(CC1)CCN(Cc1ccc(OC(F)(F)F)cc1)C2=O)c1ccccc1. The van der Waals surface area contributed by atoms with Crippen LogP contribution in [0.15, 0.2) is 54.6 Å². The zero-order chi connectivity index (χ0) is 27.3. The van der Waals surface area contributed by atoms with Crippen molar-refractivity contribution in [3.05, 3.63) is 65.7 Å². The second kappa shape index (κ2) is 11.8. The number of benzene rings is 2. The predicted molar refractivity (Wildman–Crippen MR) is 138 cm³/mol. The first kappa shape index (κ1) is 28.0. The van der Waals surface area contributed by atoms with Gasteiger partial charge in [0.15, 0.2) is 0 Å². The number of halogens is 3. The number of carbonyl (C=O) groups is 2. The van der Waals surface area contributed by atoms with Crippen LogP contribution in [0, 0.1) is 11.3 Å². The number of alkyl halides is 3. The van der Waals surface area contributed by atoms with E-state index < -0.39 is 6.36 Å². The van der Waals surface area contributed by atoms with Crippen molar-refractivity contribution >= 4 is 11.8 Å². The fraction of sp³-hybridized carbons (Fsp3) is 0.517. The summed E-state index contributed by atoms with van der Waals surface area (Å²) in [5, 5.41) is 3.18. The number of carbonyl (C=O) groups excluding carboxylic acids is 2. The highest BCUT2D eigenvalue weighted by Gasteiger charge is 2.47. The summed E-state index contributed by atoms with van der Waals surface area (Å²) >= 11 is 0. The lowest BCUT2D eigenvalue weighted by Gasteiger charge is -2.38. The van der Waals surface area contributed by atoms with Crippen LogP contribution in [0.2, 0.25) is 0 Å². The number of hydrogen-bond acceptors (Lipinski definition) is 4. The molecule has 1 atom stereocenters. The zero-order valence-electron chi connectivity index (χ0n) is 22.0. The minimum Gasteiger partial charge on any atom is -0.406 e. The lowest BCUT2D eigenvalue weighted by Crippen LogP contribution is -2.45. The van der Waals surface area contributed by atoms with Gasteiger partial charge in [0.25, 0.3) is 0 Å². The molecule has 2 aliphatic rings. The van der Waals surface area contributed by atoms with Crippen molar-refractivity contribution in [1.29, 1.82) is 0 Å². The van der Waals surface area contributed by atoms with Gasteiger partial charge in [0.05, 0.1) is 11.5 Å². The third-order valence-electron chi connectivity index (χ3n) is 7.72. The molecule has 1 spiro atoms. The third-order valence-corrected chi connectivity index (χ3v) is 7.72. The number of rotatable bonds is 9. The highest BCUT2D eigenvalue weighted by atomic mass is 19.4. The largest absolute Gasteiger partial charge is 0.573 e. The molecule has 0 aromatic heterocycles. The topological polar surface area (TPSA) is 61.9 Å². The fourth-order valence-corrected chi connectivity index (χ4v) is 5.39. The summed E-state index contributed by atoms with van der Waals surface area (Å²) in [5.74, 6) is -0.176. The zero-order valence-corrected chi connectivity index (χ0v) is 22.0. The molecule has 6 nitrogen and oxygen atoms in total. The molecule has 2 aliphatic heterocycles. The summed E-state index contributed by atoms with van der Waals surface area (Å²) in [6.07, 6.45) is -1.56. The van der Waals surface area contributed by atoms with E-state index in [1.807, 2.05) is 49.1 Å². The molecule has 0 radical (unpaired) electrons. The van der Waals surface area contributed by atoms with E-state index in [0.29, 0.717) is 13.1 Å². The van der Waals surface area contributed by atoms with Gasteiger partial charge in [-0.2, -0.15) is 0 Å². The summed E-state index contributed by atoms with van der Waals surface area (Å²) in [6, 6.07) is 15.7. The van der Waals surface area contributed by atoms with Gasteiger partial charge in [0.1, 0.15) is 5.75 Å². The van der Waals surface area contributed by atoms with Crippen LogP contribution in [0.4, 0.5) is 13.2 Å². The molecule has 1 N–H and O–H groups in total. The number of piperidine rings is 1. The van der Waals surface area contributed by atoms with Crippen molar-refractivity contribution in [3.8, 4) is 5.75 Å². The highest BCUT2D eigenvalue weighted by Crippen LogP contribution is 2.42. The number of nitrogens with zero attached hydrogens (tertiary/aromatic N) is 2. The molecule has 2 saturated heterocycles. The average Bonchev–Trinajstić information content (AvgIpc) is 3.18. The lowest BCUT2D eigenvalue weighted by atomic mass is 9.77. The van der Waals surface area contributed by atoms with E-state index in [0.717, 1.165) is 56.4 Å². The van der Waals surface area contributed by atoms with Crippen molar-refractivity contribution in [1.82, 2.24) is 15.1 Å². The number of amides is 2. The molecule has 2 aromatic carbocycles. The summed E-state index contributed by atoms with van der Waals surface area (Å²) in [4.78, 5) is 30.0. The molecule has 2 fully saturated rings. The first-order chi connectivity index (χ1) is 18.0. The van der Waals surface area contributed by atoms with Gasteiger partial charge in [0, 0.05) is 25.6 Å². The predicted octanol–water partition coefficient (Wildman–Crippen LogP) is 5.30. The van der Waals surface area contributed by atoms with E-state index in [1.165, 1.54) is 12.1 Å². The van der Waals surface area contributed by atoms with Crippen LogP contribution in [0.25, 0.3) is 0 Å². The number of nitrogens with one attached hydrogen (secondary N) is 1. The summed E-state index contributed by atoms with van der Waals surface area (Å²) in [7, 11) is 0. The Kier molecular flexibility index (Phi) is 8.65. The van der Waals surface area contributed by atoms with Gasteiger partial charge in [0.2, 0.25) is 11.8 Å².